The van der Waals surface area contributed by atoms with E-state index >= 15 is 0 Å². The first kappa shape index (κ1) is 17.0. The van der Waals surface area contributed by atoms with Gasteiger partial charge in [0.25, 0.3) is 5.91 Å². The van der Waals surface area contributed by atoms with Gasteiger partial charge in [0, 0.05) is 37.4 Å². The SMILES string of the molecule is CNC(=O)c1ccc(C2CCCN2C(=O)CCc2cc(Cl)no2)s1. The molecule has 2 aromatic heterocycles. The minimum atomic E-state index is -0.0932. The molecule has 1 fully saturated rings. The Balaban J connectivity index is 1.65. The molecule has 3 heterocycles. The molecule has 3 rings (SSSR count). The topological polar surface area (TPSA) is 75.4 Å². The van der Waals surface area contributed by atoms with E-state index < -0.39 is 0 Å². The van der Waals surface area contributed by atoms with E-state index in [2.05, 4.69) is 10.5 Å². The molecule has 0 spiro atoms. The molecule has 128 valence electrons. The van der Waals surface area contributed by atoms with Gasteiger partial charge in [0.1, 0.15) is 5.76 Å². The monoisotopic (exact) mass is 367 g/mol. The minimum absolute atomic E-state index is 0.0548. The lowest BCUT2D eigenvalue weighted by atomic mass is 10.1. The van der Waals surface area contributed by atoms with Gasteiger partial charge in [0.05, 0.1) is 10.9 Å². The average Bonchev–Trinajstić information content (AvgIpc) is 3.31. The molecule has 0 radical (unpaired) electrons. The molecule has 6 nitrogen and oxygen atoms in total. The molecule has 0 aromatic carbocycles. The third-order valence-corrected chi connectivity index (χ3v) is 5.46. The van der Waals surface area contributed by atoms with Crippen molar-refractivity contribution in [2.24, 2.45) is 0 Å². The van der Waals surface area contributed by atoms with Crippen LogP contribution in [0.1, 0.15) is 45.6 Å². The van der Waals surface area contributed by atoms with Crippen LogP contribution in [0.25, 0.3) is 0 Å². The molecule has 1 aliphatic heterocycles. The van der Waals surface area contributed by atoms with Crippen LogP contribution in [0.15, 0.2) is 22.7 Å². The van der Waals surface area contributed by atoms with Crippen molar-refractivity contribution in [3.8, 4) is 0 Å². The van der Waals surface area contributed by atoms with E-state index in [4.69, 9.17) is 16.1 Å². The van der Waals surface area contributed by atoms with Crippen molar-refractivity contribution in [3.05, 3.63) is 38.9 Å². The first-order valence-corrected chi connectivity index (χ1v) is 9.00. The van der Waals surface area contributed by atoms with Crippen molar-refractivity contribution in [1.82, 2.24) is 15.4 Å². The summed E-state index contributed by atoms with van der Waals surface area (Å²) in [7, 11) is 1.61. The lowest BCUT2D eigenvalue weighted by molar-refractivity contribution is -0.132. The summed E-state index contributed by atoms with van der Waals surface area (Å²) >= 11 is 7.16. The molecule has 0 aliphatic carbocycles. The molecule has 0 bridgehead atoms. The maximum Gasteiger partial charge on any atom is 0.261 e. The average molecular weight is 368 g/mol. The Morgan fingerprint density at radius 1 is 1.50 bits per heavy atom. The Bertz CT molecular complexity index is 743. The van der Waals surface area contributed by atoms with E-state index in [1.807, 2.05) is 17.0 Å². The number of carbonyl (C=O) groups is 2. The number of nitrogens with one attached hydrogen (secondary N) is 1. The molecule has 1 unspecified atom stereocenters. The smallest absolute Gasteiger partial charge is 0.261 e. The highest BCUT2D eigenvalue weighted by Crippen LogP contribution is 2.36. The summed E-state index contributed by atoms with van der Waals surface area (Å²) in [5.41, 5.74) is 0. The van der Waals surface area contributed by atoms with E-state index in [9.17, 15) is 9.59 Å². The first-order chi connectivity index (χ1) is 11.6. The number of rotatable bonds is 5. The summed E-state index contributed by atoms with van der Waals surface area (Å²) in [6, 6.07) is 5.45. The molecule has 1 saturated heterocycles. The van der Waals surface area contributed by atoms with Crippen LogP contribution >= 0.6 is 22.9 Å². The number of carbonyl (C=O) groups excluding carboxylic acids is 2. The van der Waals surface area contributed by atoms with Crippen LogP contribution in [0.4, 0.5) is 0 Å². The standard InChI is InChI=1S/C16H18ClN3O3S/c1-18-16(22)13-6-5-12(24-13)11-3-2-8-20(11)15(21)7-4-10-9-14(17)19-23-10/h5-6,9,11H,2-4,7-8H2,1H3,(H,18,22). The molecule has 0 saturated carbocycles. The number of nitrogens with zero attached hydrogens (tertiary/aromatic N) is 2. The number of hydrogen-bond donors (Lipinski definition) is 1. The molecular weight excluding hydrogens is 350 g/mol. The van der Waals surface area contributed by atoms with Gasteiger partial charge in [-0.25, -0.2) is 0 Å². The molecule has 1 N–H and O–H groups in total. The lowest BCUT2D eigenvalue weighted by Gasteiger charge is -2.23. The minimum Gasteiger partial charge on any atom is -0.360 e. The number of likely N-dealkylation sites (tertiary alicyclic amines) is 1. The van der Waals surface area contributed by atoms with Gasteiger partial charge < -0.3 is 14.7 Å². The summed E-state index contributed by atoms with van der Waals surface area (Å²) in [4.78, 5) is 27.9. The van der Waals surface area contributed by atoms with Crippen LogP contribution in [0, 0.1) is 0 Å². The van der Waals surface area contributed by atoms with Crippen molar-refractivity contribution in [3.63, 3.8) is 0 Å². The fourth-order valence-electron chi connectivity index (χ4n) is 2.92. The number of thiophene rings is 1. The zero-order valence-corrected chi connectivity index (χ0v) is 14.8. The van der Waals surface area contributed by atoms with Crippen molar-refractivity contribution in [2.45, 2.75) is 31.7 Å². The Morgan fingerprint density at radius 3 is 3.04 bits per heavy atom. The van der Waals surface area contributed by atoms with Crippen LogP contribution in [-0.4, -0.2) is 35.5 Å². The molecule has 24 heavy (non-hydrogen) atoms. The Labute approximate surface area is 148 Å². The van der Waals surface area contributed by atoms with Gasteiger partial charge in [-0.2, -0.15) is 0 Å². The van der Waals surface area contributed by atoms with Crippen LogP contribution in [0.5, 0.6) is 0 Å². The van der Waals surface area contributed by atoms with Gasteiger partial charge >= 0.3 is 0 Å². The second-order valence-corrected chi connectivity index (χ2v) is 7.14. The predicted octanol–water partition coefficient (Wildman–Crippen LogP) is 3.05. The summed E-state index contributed by atoms with van der Waals surface area (Å²) in [6.07, 6.45) is 2.73. The lowest BCUT2D eigenvalue weighted by Crippen LogP contribution is -2.30. The van der Waals surface area contributed by atoms with E-state index in [1.165, 1.54) is 11.3 Å². The van der Waals surface area contributed by atoms with Gasteiger partial charge in [-0.3, -0.25) is 9.59 Å². The maximum absolute atomic E-state index is 12.6. The predicted molar refractivity (Wildman–Crippen MR) is 91.2 cm³/mol. The summed E-state index contributed by atoms with van der Waals surface area (Å²) in [5, 5.41) is 6.54. The van der Waals surface area contributed by atoms with Crippen molar-refractivity contribution in [2.75, 3.05) is 13.6 Å². The molecule has 2 amide bonds. The number of halogens is 1. The van der Waals surface area contributed by atoms with E-state index in [0.717, 1.165) is 24.3 Å². The molecule has 1 aliphatic rings. The Morgan fingerprint density at radius 2 is 2.33 bits per heavy atom. The van der Waals surface area contributed by atoms with Gasteiger partial charge in [-0.1, -0.05) is 16.8 Å². The quantitative estimate of drug-likeness (QED) is 0.881. The molecular formula is C16H18ClN3O3S. The fourth-order valence-corrected chi connectivity index (χ4v) is 4.18. The molecule has 8 heteroatoms. The second kappa shape index (κ2) is 7.36. The summed E-state index contributed by atoms with van der Waals surface area (Å²) in [6.45, 7) is 0.744. The van der Waals surface area contributed by atoms with Gasteiger partial charge in [0.15, 0.2) is 5.15 Å². The highest BCUT2D eigenvalue weighted by Gasteiger charge is 2.31. The van der Waals surface area contributed by atoms with E-state index in [1.54, 1.807) is 13.1 Å². The zero-order valence-electron chi connectivity index (χ0n) is 13.3. The Hall–Kier alpha value is -1.86. The first-order valence-electron chi connectivity index (χ1n) is 7.81. The van der Waals surface area contributed by atoms with E-state index in [-0.39, 0.29) is 17.9 Å². The van der Waals surface area contributed by atoms with Crippen LogP contribution in [0.2, 0.25) is 5.15 Å². The van der Waals surface area contributed by atoms with Crippen LogP contribution < -0.4 is 5.32 Å². The maximum atomic E-state index is 12.6. The van der Waals surface area contributed by atoms with Gasteiger partial charge in [0.2, 0.25) is 5.91 Å². The Kier molecular flexibility index (Phi) is 5.20. The third-order valence-electron chi connectivity index (χ3n) is 4.09. The summed E-state index contributed by atoms with van der Waals surface area (Å²) in [5.74, 6) is 0.603. The fraction of sp³-hybridized carbons (Fsp3) is 0.438. The zero-order chi connectivity index (χ0) is 17.1. The third kappa shape index (κ3) is 3.62. The van der Waals surface area contributed by atoms with Crippen LogP contribution in [0.3, 0.4) is 0 Å². The van der Waals surface area contributed by atoms with Crippen LogP contribution in [-0.2, 0) is 11.2 Å². The van der Waals surface area contributed by atoms with Crippen molar-refractivity contribution < 1.29 is 14.1 Å². The second-order valence-electron chi connectivity index (χ2n) is 5.64. The molecule has 2 aromatic rings. The van der Waals surface area contributed by atoms with E-state index in [0.29, 0.717) is 28.6 Å². The molecule has 1 atom stereocenters. The number of amides is 2. The normalized spacial score (nSPS) is 17.2. The highest BCUT2D eigenvalue weighted by molar-refractivity contribution is 7.14. The number of aromatic nitrogens is 1. The van der Waals surface area contributed by atoms with Crippen molar-refractivity contribution >= 4 is 34.8 Å². The van der Waals surface area contributed by atoms with Gasteiger partial charge in [-0.05, 0) is 25.0 Å². The number of hydrogen-bond acceptors (Lipinski definition) is 5. The number of aryl methyl sites for hydroxylation is 1. The summed E-state index contributed by atoms with van der Waals surface area (Å²) < 4.78 is 5.04. The largest absolute Gasteiger partial charge is 0.360 e. The van der Waals surface area contributed by atoms with Crippen molar-refractivity contribution in [1.29, 1.82) is 0 Å². The van der Waals surface area contributed by atoms with Gasteiger partial charge in [-0.15, -0.1) is 11.3 Å². The highest BCUT2D eigenvalue weighted by atomic mass is 35.5.